The molecule has 10 atom stereocenters. The third-order valence-electron chi connectivity index (χ3n) is 9.65. The van der Waals surface area contributed by atoms with E-state index in [1.165, 1.54) is 38.1 Å². The van der Waals surface area contributed by atoms with E-state index in [2.05, 4.69) is 6.58 Å². The van der Waals surface area contributed by atoms with Crippen LogP contribution in [0.25, 0.3) is 0 Å². The average molecular weight is 715 g/mol. The second kappa shape index (κ2) is 15.9. The Morgan fingerprint density at radius 3 is 2.04 bits per heavy atom. The van der Waals surface area contributed by atoms with E-state index in [9.17, 15) is 39.0 Å². The minimum Gasteiger partial charge on any atom is -0.458 e. The molecule has 2 N–H and O–H groups in total. The molecule has 51 heavy (non-hydrogen) atoms. The van der Waals surface area contributed by atoms with Crippen LogP contribution in [0.5, 0.6) is 0 Å². The van der Waals surface area contributed by atoms with Gasteiger partial charge in [-0.15, -0.1) is 0 Å². The third kappa shape index (κ3) is 8.93. The molecule has 1 aromatic rings. The zero-order chi connectivity index (χ0) is 38.6. The molecular formula is C38H50O13. The summed E-state index contributed by atoms with van der Waals surface area (Å²) in [4.78, 5) is 79.4. The fourth-order valence-electron chi connectivity index (χ4n) is 6.82. The topological polar surface area (TPSA) is 189 Å². The monoisotopic (exact) mass is 714 g/mol. The lowest BCUT2D eigenvalue weighted by molar-refractivity contribution is -0.186. The molecule has 0 radical (unpaired) electrons. The number of aliphatic hydroxyl groups is 2. The SMILES string of the molecule is C=C1[C@H](OC(=O)c2ccccc2)[C@@H](OC(C)=O)[C@@H](OC(C)=O)C(C)(C)C=C[C@H](C)C(=O)[C@@]2(O)C[C@@](C)(OC(C)=O)[C@H](O)[C@@H]2[C@H]1OC(=O)[C@H](C)CC. The van der Waals surface area contributed by atoms with Gasteiger partial charge in [-0.3, -0.25) is 24.0 Å². The summed E-state index contributed by atoms with van der Waals surface area (Å²) in [6, 6.07) is 7.76. The van der Waals surface area contributed by atoms with Crippen molar-refractivity contribution in [2.24, 2.45) is 23.2 Å². The highest BCUT2D eigenvalue weighted by atomic mass is 16.6. The van der Waals surface area contributed by atoms with Crippen LogP contribution in [0.2, 0.25) is 0 Å². The molecular weight excluding hydrogens is 664 g/mol. The number of hydrogen-bond donors (Lipinski definition) is 2. The van der Waals surface area contributed by atoms with Crippen molar-refractivity contribution < 1.29 is 62.7 Å². The van der Waals surface area contributed by atoms with Crippen molar-refractivity contribution in [3.8, 4) is 0 Å². The van der Waals surface area contributed by atoms with Crippen LogP contribution < -0.4 is 0 Å². The Labute approximate surface area is 298 Å². The normalized spacial score (nSPS) is 32.6. The van der Waals surface area contributed by atoms with Crippen LogP contribution in [0.1, 0.15) is 85.5 Å². The summed E-state index contributed by atoms with van der Waals surface area (Å²) in [7, 11) is 0. The first kappa shape index (κ1) is 41.1. The van der Waals surface area contributed by atoms with Gasteiger partial charge in [0.05, 0.1) is 17.4 Å². The molecule has 0 heterocycles. The van der Waals surface area contributed by atoms with Gasteiger partial charge < -0.3 is 33.9 Å². The van der Waals surface area contributed by atoms with Crippen LogP contribution in [0.4, 0.5) is 0 Å². The number of fused-ring (bicyclic) bond motifs is 1. The third-order valence-corrected chi connectivity index (χ3v) is 9.65. The first-order valence-electron chi connectivity index (χ1n) is 16.9. The molecule has 3 rings (SSSR count). The van der Waals surface area contributed by atoms with Gasteiger partial charge in [0.25, 0.3) is 0 Å². The molecule has 1 aromatic carbocycles. The number of carbonyl (C=O) groups is 6. The lowest BCUT2D eigenvalue weighted by Crippen LogP contribution is -2.58. The zero-order valence-corrected chi connectivity index (χ0v) is 30.7. The van der Waals surface area contributed by atoms with Gasteiger partial charge in [-0.05, 0) is 25.5 Å². The number of hydrogen-bond acceptors (Lipinski definition) is 13. The maximum absolute atomic E-state index is 14.4. The Morgan fingerprint density at radius 2 is 1.51 bits per heavy atom. The second-order valence-corrected chi connectivity index (χ2v) is 14.3. The van der Waals surface area contributed by atoms with Crippen molar-refractivity contribution in [1.29, 1.82) is 0 Å². The molecule has 13 heteroatoms. The number of Topliss-reactive ketones (excluding diaryl/α,β-unsaturated/α-hetero) is 1. The van der Waals surface area contributed by atoms with E-state index in [-0.39, 0.29) is 11.1 Å². The summed E-state index contributed by atoms with van der Waals surface area (Å²) >= 11 is 0. The molecule has 13 nitrogen and oxygen atoms in total. The van der Waals surface area contributed by atoms with Gasteiger partial charge in [-0.25, -0.2) is 4.79 Å². The van der Waals surface area contributed by atoms with Gasteiger partial charge in [0.15, 0.2) is 24.1 Å². The standard InChI is InChI=1S/C38H50O13/c1-11-20(2)34(44)49-28-22(4)29(50-35(45)26-15-13-12-14-16-26)30(47-23(5)39)33(48-24(6)40)36(8,9)18-17-21(3)31(42)38(46)19-37(10,51-25(7)41)32(43)27(28)38/h12-18,20-21,27-30,32-33,43,46H,4,11,19H2,1-3,5-10H3/t20-,21+,27+,28+,29+,30-,32-,33-,37-,38-/m1/s1. The number of ketones is 1. The highest BCUT2D eigenvalue weighted by molar-refractivity contribution is 5.92. The van der Waals surface area contributed by atoms with Crippen molar-refractivity contribution in [3.63, 3.8) is 0 Å². The van der Waals surface area contributed by atoms with Crippen LogP contribution >= 0.6 is 0 Å². The summed E-state index contributed by atoms with van der Waals surface area (Å²) in [5, 5.41) is 24.5. The summed E-state index contributed by atoms with van der Waals surface area (Å²) in [6.07, 6.45) is -5.86. The summed E-state index contributed by atoms with van der Waals surface area (Å²) in [5.74, 6) is -8.61. The first-order chi connectivity index (χ1) is 23.6. The Bertz CT molecular complexity index is 1550. The molecule has 0 aromatic heterocycles. The molecule has 280 valence electrons. The van der Waals surface area contributed by atoms with Gasteiger partial charge in [0.1, 0.15) is 23.4 Å². The number of carbonyl (C=O) groups excluding carboxylic acids is 6. The minimum absolute atomic E-state index is 0.0678. The number of ether oxygens (including phenoxy) is 5. The predicted octanol–water partition coefficient (Wildman–Crippen LogP) is 3.82. The van der Waals surface area contributed by atoms with Crippen molar-refractivity contribution in [2.45, 2.75) is 117 Å². The molecule has 0 unspecified atom stereocenters. The maximum Gasteiger partial charge on any atom is 0.338 e. The molecule has 0 aliphatic heterocycles. The molecule has 0 bridgehead atoms. The lowest BCUT2D eigenvalue weighted by atomic mass is 9.72. The van der Waals surface area contributed by atoms with E-state index in [0.717, 1.165) is 20.8 Å². The van der Waals surface area contributed by atoms with Crippen molar-refractivity contribution in [1.82, 2.24) is 0 Å². The molecule has 0 amide bonds. The van der Waals surface area contributed by atoms with E-state index < -0.39 is 107 Å². The highest BCUT2D eigenvalue weighted by Crippen LogP contribution is 2.51. The Hall–Kier alpha value is -4.36. The van der Waals surface area contributed by atoms with E-state index in [1.807, 2.05) is 0 Å². The van der Waals surface area contributed by atoms with Gasteiger partial charge in [-0.2, -0.15) is 0 Å². The Morgan fingerprint density at radius 1 is 0.922 bits per heavy atom. The number of rotatable bonds is 8. The van der Waals surface area contributed by atoms with Gasteiger partial charge >= 0.3 is 29.8 Å². The van der Waals surface area contributed by atoms with Crippen molar-refractivity contribution in [2.75, 3.05) is 0 Å². The minimum atomic E-state index is -2.53. The Balaban J connectivity index is 2.47. The van der Waals surface area contributed by atoms with Gasteiger partial charge in [0, 0.05) is 44.1 Å². The quantitative estimate of drug-likeness (QED) is 0.225. The maximum atomic E-state index is 14.4. The highest BCUT2D eigenvalue weighted by Gasteiger charge is 2.68. The number of allylic oxidation sites excluding steroid dienone is 1. The zero-order valence-electron chi connectivity index (χ0n) is 30.7. The van der Waals surface area contributed by atoms with E-state index in [4.69, 9.17) is 23.7 Å². The molecule has 0 spiro atoms. The largest absolute Gasteiger partial charge is 0.458 e. The van der Waals surface area contributed by atoms with Crippen LogP contribution in [0.3, 0.4) is 0 Å². The summed E-state index contributed by atoms with van der Waals surface area (Å²) in [6.45, 7) is 16.9. The smallest absolute Gasteiger partial charge is 0.338 e. The van der Waals surface area contributed by atoms with E-state index in [0.29, 0.717) is 6.42 Å². The van der Waals surface area contributed by atoms with E-state index >= 15 is 0 Å². The van der Waals surface area contributed by atoms with Crippen molar-refractivity contribution in [3.05, 3.63) is 60.2 Å². The predicted molar refractivity (Wildman–Crippen MR) is 182 cm³/mol. The number of esters is 5. The summed E-state index contributed by atoms with van der Waals surface area (Å²) < 4.78 is 29.2. The first-order valence-corrected chi connectivity index (χ1v) is 16.9. The average Bonchev–Trinajstić information content (AvgIpc) is 3.25. The molecule has 2 aliphatic carbocycles. The number of aliphatic hydroxyl groups excluding tert-OH is 1. The Kier molecular flexibility index (Phi) is 12.8. The summed E-state index contributed by atoms with van der Waals surface area (Å²) in [5.41, 5.74) is -5.92. The van der Waals surface area contributed by atoms with Gasteiger partial charge in [-0.1, -0.05) is 71.5 Å². The second-order valence-electron chi connectivity index (χ2n) is 14.3. The van der Waals surface area contributed by atoms with E-state index in [1.54, 1.807) is 45.9 Å². The molecule has 1 fully saturated rings. The number of benzene rings is 1. The van der Waals surface area contributed by atoms with Crippen LogP contribution in [-0.2, 0) is 47.7 Å². The lowest BCUT2D eigenvalue weighted by Gasteiger charge is -2.43. The fraction of sp³-hybridized carbons (Fsp3) is 0.579. The van der Waals surface area contributed by atoms with Gasteiger partial charge in [0.2, 0.25) is 0 Å². The fourth-order valence-corrected chi connectivity index (χ4v) is 6.82. The van der Waals surface area contributed by atoms with Crippen LogP contribution in [0.15, 0.2) is 54.6 Å². The molecule has 0 saturated heterocycles. The molecule has 2 aliphatic rings. The van der Waals surface area contributed by atoms with Crippen LogP contribution in [0, 0.1) is 23.2 Å². The van der Waals surface area contributed by atoms with Crippen LogP contribution in [-0.4, -0.2) is 87.6 Å². The van der Waals surface area contributed by atoms with Crippen molar-refractivity contribution >= 4 is 35.6 Å². The molecule has 1 saturated carbocycles.